The quantitative estimate of drug-likeness (QED) is 0.195. The molecule has 2 aromatic rings. The lowest BCUT2D eigenvalue weighted by Gasteiger charge is -2.25. The summed E-state index contributed by atoms with van der Waals surface area (Å²) in [7, 11) is 0. The summed E-state index contributed by atoms with van der Waals surface area (Å²) in [5.74, 6) is 10.0. The molecule has 1 nitrogen and oxygen atoms in total. The van der Waals surface area contributed by atoms with Crippen LogP contribution in [0.4, 0.5) is 13.2 Å². The van der Waals surface area contributed by atoms with E-state index < -0.39 is 17.5 Å². The highest BCUT2D eigenvalue weighted by Crippen LogP contribution is 2.31. The van der Waals surface area contributed by atoms with Crippen molar-refractivity contribution in [3.05, 3.63) is 64.5 Å². The van der Waals surface area contributed by atoms with Crippen LogP contribution in [0.5, 0.6) is 0 Å². The summed E-state index contributed by atoms with van der Waals surface area (Å²) >= 11 is 0.700. The minimum absolute atomic E-state index is 0.174. The maximum absolute atomic E-state index is 14.5. The molecule has 1 aliphatic rings. The molecule has 0 aromatic heterocycles. The number of nitriles is 1. The van der Waals surface area contributed by atoms with E-state index in [9.17, 15) is 13.2 Å². The number of hydrogen-bond acceptors (Lipinski definition) is 2. The highest BCUT2D eigenvalue weighted by atomic mass is 32.2. The summed E-state index contributed by atoms with van der Waals surface area (Å²) in [5, 5.41) is 10.4. The van der Waals surface area contributed by atoms with Gasteiger partial charge in [0.05, 0.1) is 10.5 Å². The van der Waals surface area contributed by atoms with Crippen LogP contribution in [-0.2, 0) is 0 Å². The molecule has 0 radical (unpaired) electrons. The molecule has 170 valence electrons. The predicted molar refractivity (Wildman–Crippen MR) is 127 cm³/mol. The van der Waals surface area contributed by atoms with Gasteiger partial charge in [-0.3, -0.25) is 0 Å². The van der Waals surface area contributed by atoms with Crippen molar-refractivity contribution in [2.75, 3.05) is 0 Å². The van der Waals surface area contributed by atoms with Crippen LogP contribution in [0.2, 0.25) is 0 Å². The van der Waals surface area contributed by atoms with Crippen molar-refractivity contribution in [3.63, 3.8) is 0 Å². The van der Waals surface area contributed by atoms with Gasteiger partial charge in [0, 0.05) is 17.0 Å². The van der Waals surface area contributed by atoms with Crippen molar-refractivity contribution < 1.29 is 13.2 Å². The molecule has 3 rings (SSSR count). The summed E-state index contributed by atoms with van der Waals surface area (Å²) < 4.78 is 42.9. The van der Waals surface area contributed by atoms with Gasteiger partial charge in [-0.1, -0.05) is 56.3 Å². The van der Waals surface area contributed by atoms with Gasteiger partial charge >= 0.3 is 0 Å². The van der Waals surface area contributed by atoms with E-state index in [0.29, 0.717) is 17.3 Å². The fourth-order valence-corrected chi connectivity index (χ4v) is 4.46. The van der Waals surface area contributed by atoms with Gasteiger partial charge < -0.3 is 0 Å². The first-order valence-corrected chi connectivity index (χ1v) is 12.2. The summed E-state index contributed by atoms with van der Waals surface area (Å²) in [6, 6.07) is 6.45. The molecule has 0 spiro atoms. The Hall–Kier alpha value is -2.81. The van der Waals surface area contributed by atoms with Gasteiger partial charge in [-0.2, -0.15) is 5.26 Å². The third-order valence-corrected chi connectivity index (χ3v) is 6.59. The second-order valence-corrected chi connectivity index (χ2v) is 9.21. The Labute approximate surface area is 198 Å². The minimum atomic E-state index is -0.788. The van der Waals surface area contributed by atoms with Crippen LogP contribution in [0.3, 0.4) is 0 Å². The Morgan fingerprint density at radius 2 is 1.58 bits per heavy atom. The number of halogens is 3. The normalized spacial score (nSPS) is 17.3. The number of rotatable bonds is 5. The highest BCUT2D eigenvalue weighted by Gasteiger charge is 2.19. The lowest BCUT2D eigenvalue weighted by atomic mass is 9.80. The van der Waals surface area contributed by atoms with Crippen molar-refractivity contribution >= 4 is 11.8 Å². The smallest absolute Gasteiger partial charge is 0.143 e. The zero-order valence-corrected chi connectivity index (χ0v) is 19.5. The van der Waals surface area contributed by atoms with E-state index in [4.69, 9.17) is 5.26 Å². The standard InChI is InChI=1S/C28H26F3NS/c1-2-3-4-5-20-6-8-21(9-7-20)10-11-23-17-25(29)24(26(30)18-23)14-12-22-13-15-28(33-19-32)27(31)16-22/h13,15-18,20-21H,2-9H2,1H3. The van der Waals surface area contributed by atoms with E-state index >= 15 is 0 Å². The zero-order valence-electron chi connectivity index (χ0n) is 18.7. The van der Waals surface area contributed by atoms with Gasteiger partial charge in [0.2, 0.25) is 0 Å². The van der Waals surface area contributed by atoms with Crippen molar-refractivity contribution in [2.45, 2.75) is 63.2 Å². The number of nitrogens with zero attached hydrogens (tertiary/aromatic N) is 1. The first kappa shape index (κ1) is 24.8. The summed E-state index contributed by atoms with van der Waals surface area (Å²) in [6.45, 7) is 2.22. The van der Waals surface area contributed by atoms with E-state index in [1.54, 1.807) is 5.40 Å². The molecule has 0 bridgehead atoms. The minimum Gasteiger partial charge on any atom is -0.206 e. The summed E-state index contributed by atoms with van der Waals surface area (Å²) in [5.41, 5.74) is 0.191. The average Bonchev–Trinajstić information content (AvgIpc) is 2.80. The van der Waals surface area contributed by atoms with Gasteiger partial charge in [-0.15, -0.1) is 0 Å². The van der Waals surface area contributed by atoms with Crippen molar-refractivity contribution in [1.29, 1.82) is 5.26 Å². The molecule has 0 atom stereocenters. The third kappa shape index (κ3) is 7.35. The van der Waals surface area contributed by atoms with Crippen LogP contribution in [0.25, 0.3) is 0 Å². The molecule has 0 heterocycles. The second kappa shape index (κ2) is 12.4. The fourth-order valence-electron chi connectivity index (χ4n) is 4.07. The average molecular weight is 466 g/mol. The fraction of sp³-hybridized carbons (Fsp3) is 0.393. The molecule has 0 unspecified atom stereocenters. The van der Waals surface area contributed by atoms with Gasteiger partial charge in [0.15, 0.2) is 0 Å². The van der Waals surface area contributed by atoms with Gasteiger partial charge in [-0.25, -0.2) is 13.2 Å². The number of benzene rings is 2. The van der Waals surface area contributed by atoms with Crippen LogP contribution in [0.15, 0.2) is 35.2 Å². The first-order chi connectivity index (χ1) is 16.0. The first-order valence-electron chi connectivity index (χ1n) is 11.4. The summed E-state index contributed by atoms with van der Waals surface area (Å²) in [4.78, 5) is 0.174. The van der Waals surface area contributed by atoms with Crippen molar-refractivity contribution in [3.8, 4) is 29.1 Å². The topological polar surface area (TPSA) is 23.8 Å². The molecule has 33 heavy (non-hydrogen) atoms. The molecular weight excluding hydrogens is 439 g/mol. The van der Waals surface area contributed by atoms with E-state index in [1.807, 2.05) is 0 Å². The number of unbranched alkanes of at least 4 members (excludes halogenated alkanes) is 2. The molecule has 0 amide bonds. The lowest BCUT2D eigenvalue weighted by Crippen LogP contribution is -2.13. The molecular formula is C28H26F3NS. The SMILES string of the molecule is CCCCCC1CCC(C#Cc2cc(F)c(C#Cc3ccc(SC#N)c(F)c3)c(F)c2)CC1. The van der Waals surface area contributed by atoms with Crippen LogP contribution in [0, 0.1) is 63.6 Å². The number of hydrogen-bond donors (Lipinski definition) is 0. The van der Waals surface area contributed by atoms with Gasteiger partial charge in [-0.05, 0) is 73.7 Å². The Kier molecular flexibility index (Phi) is 9.35. The maximum atomic E-state index is 14.5. The van der Waals surface area contributed by atoms with Crippen LogP contribution in [-0.4, -0.2) is 0 Å². The van der Waals surface area contributed by atoms with E-state index in [0.717, 1.165) is 24.8 Å². The molecule has 1 aliphatic carbocycles. The monoisotopic (exact) mass is 465 g/mol. The zero-order chi connectivity index (χ0) is 23.6. The third-order valence-electron chi connectivity index (χ3n) is 5.94. The highest BCUT2D eigenvalue weighted by molar-refractivity contribution is 8.03. The second-order valence-electron chi connectivity index (χ2n) is 8.39. The van der Waals surface area contributed by atoms with Crippen LogP contribution < -0.4 is 0 Å². The van der Waals surface area contributed by atoms with E-state index in [-0.39, 0.29) is 21.9 Å². The Balaban J connectivity index is 1.65. The van der Waals surface area contributed by atoms with Crippen LogP contribution >= 0.6 is 11.8 Å². The molecule has 0 saturated heterocycles. The maximum Gasteiger partial charge on any atom is 0.143 e. The van der Waals surface area contributed by atoms with Crippen LogP contribution in [0.1, 0.15) is 75.0 Å². The molecule has 0 N–H and O–H groups in total. The summed E-state index contributed by atoms with van der Waals surface area (Å²) in [6.07, 6.45) is 9.57. The number of thiocyanates is 1. The molecule has 1 saturated carbocycles. The van der Waals surface area contributed by atoms with Gasteiger partial charge in [0.25, 0.3) is 0 Å². The molecule has 2 aromatic carbocycles. The molecule has 0 aliphatic heterocycles. The van der Waals surface area contributed by atoms with E-state index in [1.165, 1.54) is 62.8 Å². The predicted octanol–water partition coefficient (Wildman–Crippen LogP) is 7.82. The lowest BCUT2D eigenvalue weighted by molar-refractivity contribution is 0.294. The van der Waals surface area contributed by atoms with Crippen molar-refractivity contribution in [2.24, 2.45) is 11.8 Å². The Morgan fingerprint density at radius 1 is 0.879 bits per heavy atom. The van der Waals surface area contributed by atoms with Gasteiger partial charge in [0.1, 0.15) is 22.9 Å². The Morgan fingerprint density at radius 3 is 2.21 bits per heavy atom. The Bertz CT molecular complexity index is 1110. The molecule has 1 fully saturated rings. The molecule has 5 heteroatoms. The van der Waals surface area contributed by atoms with E-state index in [2.05, 4.69) is 30.6 Å². The van der Waals surface area contributed by atoms with Crippen molar-refractivity contribution in [1.82, 2.24) is 0 Å². The largest absolute Gasteiger partial charge is 0.206 e. The number of thioether (sulfide) groups is 1.